The van der Waals surface area contributed by atoms with E-state index in [1.807, 2.05) is 44.2 Å². The minimum absolute atomic E-state index is 0.241. The van der Waals surface area contributed by atoms with Gasteiger partial charge < -0.3 is 20.4 Å². The highest BCUT2D eigenvalue weighted by molar-refractivity contribution is 5.72. The molecule has 4 rings (SSSR count). The molecule has 0 bridgehead atoms. The predicted octanol–water partition coefficient (Wildman–Crippen LogP) is 10.7. The van der Waals surface area contributed by atoms with E-state index in [0.717, 1.165) is 61.6 Å². The van der Waals surface area contributed by atoms with Gasteiger partial charge in [-0.25, -0.2) is 0 Å². The van der Waals surface area contributed by atoms with Crippen molar-refractivity contribution in [3.8, 4) is 11.5 Å². The molecule has 0 saturated carbocycles. The number of para-hydroxylation sites is 1. The Bertz CT molecular complexity index is 1570. The average molecular weight is 589 g/mol. The van der Waals surface area contributed by atoms with Crippen LogP contribution < -0.4 is 10.2 Å². The van der Waals surface area contributed by atoms with E-state index < -0.39 is 0 Å². The molecular formula is C40H48N2O2. The first-order valence-electron chi connectivity index (χ1n) is 15.3. The van der Waals surface area contributed by atoms with E-state index in [1.54, 1.807) is 0 Å². The first-order chi connectivity index (χ1) is 20.5. The van der Waals surface area contributed by atoms with E-state index in [2.05, 4.69) is 113 Å². The summed E-state index contributed by atoms with van der Waals surface area (Å²) in [6, 6.07) is 27.0. The summed E-state index contributed by atoms with van der Waals surface area (Å²) in [4.78, 5) is 2.34. The number of phenolic OH excluding ortho intramolecular Hbond substituents is 2. The zero-order valence-electron chi connectivity index (χ0n) is 27.7. The molecule has 0 radical (unpaired) electrons. The van der Waals surface area contributed by atoms with E-state index in [0.29, 0.717) is 24.6 Å². The third kappa shape index (κ3) is 7.55. The molecule has 0 aromatic heterocycles. The lowest BCUT2D eigenvalue weighted by Crippen LogP contribution is -2.23. The van der Waals surface area contributed by atoms with Gasteiger partial charge in [-0.05, 0) is 108 Å². The van der Waals surface area contributed by atoms with E-state index in [1.165, 1.54) is 0 Å². The molecular weight excluding hydrogens is 540 g/mol. The zero-order chi connectivity index (χ0) is 32.4. The molecule has 4 nitrogen and oxygen atoms in total. The molecule has 3 N–H and O–H groups in total. The van der Waals surface area contributed by atoms with Gasteiger partial charge in [0.1, 0.15) is 11.5 Å². The summed E-state index contributed by atoms with van der Waals surface area (Å²) in [5.41, 5.74) is 9.82. The van der Waals surface area contributed by atoms with E-state index in [9.17, 15) is 10.2 Å². The van der Waals surface area contributed by atoms with Crippen LogP contribution in [0.2, 0.25) is 0 Å². The highest BCUT2D eigenvalue weighted by Gasteiger charge is 2.24. The summed E-state index contributed by atoms with van der Waals surface area (Å²) in [5.74, 6) is 0.604. The maximum atomic E-state index is 11.2. The Morgan fingerprint density at radius 2 is 1.05 bits per heavy atom. The molecule has 0 heterocycles. The second-order valence-electron chi connectivity index (χ2n) is 14.0. The molecule has 0 fully saturated rings. The number of aromatic hydroxyl groups is 2. The first kappa shape index (κ1) is 32.5. The summed E-state index contributed by atoms with van der Waals surface area (Å²) in [5, 5.41) is 25.8. The summed E-state index contributed by atoms with van der Waals surface area (Å²) in [6.07, 6.45) is 0. The molecule has 0 aliphatic rings. The Labute approximate surface area is 264 Å². The number of benzene rings is 4. The molecule has 0 aliphatic carbocycles. The summed E-state index contributed by atoms with van der Waals surface area (Å²) >= 11 is 0. The van der Waals surface area contributed by atoms with Crippen LogP contribution in [-0.2, 0) is 23.9 Å². The quantitative estimate of drug-likeness (QED) is 0.182. The molecule has 0 aliphatic heterocycles. The van der Waals surface area contributed by atoms with Crippen molar-refractivity contribution in [3.05, 3.63) is 125 Å². The number of anilines is 3. The van der Waals surface area contributed by atoms with Gasteiger partial charge >= 0.3 is 0 Å². The van der Waals surface area contributed by atoms with Gasteiger partial charge in [0.2, 0.25) is 0 Å². The average Bonchev–Trinajstić information content (AvgIpc) is 2.93. The summed E-state index contributed by atoms with van der Waals surface area (Å²) in [7, 11) is 0. The van der Waals surface area contributed by atoms with Crippen LogP contribution in [0.3, 0.4) is 0 Å². The maximum Gasteiger partial charge on any atom is 0.126 e. The molecule has 0 spiro atoms. The molecule has 0 unspecified atom stereocenters. The third-order valence-electron chi connectivity index (χ3n) is 7.92. The second-order valence-corrected chi connectivity index (χ2v) is 14.0. The minimum atomic E-state index is -0.241. The molecule has 230 valence electrons. The molecule has 0 atom stereocenters. The number of phenols is 2. The van der Waals surface area contributed by atoms with Crippen molar-refractivity contribution in [1.29, 1.82) is 0 Å². The topological polar surface area (TPSA) is 55.7 Å². The van der Waals surface area contributed by atoms with Crippen molar-refractivity contribution in [2.24, 2.45) is 0 Å². The molecule has 44 heavy (non-hydrogen) atoms. The fourth-order valence-corrected chi connectivity index (χ4v) is 5.49. The fourth-order valence-electron chi connectivity index (χ4n) is 5.49. The van der Waals surface area contributed by atoms with E-state index in [-0.39, 0.29) is 10.8 Å². The van der Waals surface area contributed by atoms with Crippen LogP contribution in [0.5, 0.6) is 11.5 Å². The normalized spacial score (nSPS) is 11.7. The van der Waals surface area contributed by atoms with Crippen molar-refractivity contribution in [2.75, 3.05) is 10.2 Å². The van der Waals surface area contributed by atoms with Crippen LogP contribution in [0.15, 0.2) is 92.0 Å². The summed E-state index contributed by atoms with van der Waals surface area (Å²) < 4.78 is 0. The maximum absolute atomic E-state index is 11.2. The van der Waals surface area contributed by atoms with Gasteiger partial charge in [-0.2, -0.15) is 0 Å². The van der Waals surface area contributed by atoms with Crippen molar-refractivity contribution >= 4 is 28.2 Å². The van der Waals surface area contributed by atoms with Crippen LogP contribution in [0, 0.1) is 0 Å². The minimum Gasteiger partial charge on any atom is -0.507 e. The smallest absolute Gasteiger partial charge is 0.126 e. The van der Waals surface area contributed by atoms with Crippen molar-refractivity contribution in [3.63, 3.8) is 0 Å². The van der Waals surface area contributed by atoms with E-state index >= 15 is 0 Å². The van der Waals surface area contributed by atoms with Gasteiger partial charge in [-0.15, -0.1) is 0 Å². The van der Waals surface area contributed by atoms with Crippen molar-refractivity contribution < 1.29 is 10.2 Å². The Kier molecular flexibility index (Phi) is 9.34. The molecule has 4 heteroatoms. The lowest BCUT2D eigenvalue weighted by Gasteiger charge is -2.29. The Balaban J connectivity index is 1.81. The SMILES string of the molecule is C=C(C)c1cc(CN(Cc2cc(C(=C)C)c(O)c(C(C)(C)C)c2)c2ccc(Nc3ccccc3)cc2)cc(C(C)(C)C)c1O. The molecule has 0 saturated heterocycles. The number of hydrogen-bond acceptors (Lipinski definition) is 4. The second kappa shape index (κ2) is 12.7. The van der Waals surface area contributed by atoms with Gasteiger partial charge in [0.05, 0.1) is 0 Å². The van der Waals surface area contributed by atoms with Crippen LogP contribution in [0.4, 0.5) is 17.1 Å². The molecule has 4 aromatic carbocycles. The Hall–Kier alpha value is -4.44. The number of hydrogen-bond donors (Lipinski definition) is 3. The predicted molar refractivity (Wildman–Crippen MR) is 189 cm³/mol. The Morgan fingerprint density at radius 1 is 0.636 bits per heavy atom. The lowest BCUT2D eigenvalue weighted by molar-refractivity contribution is 0.444. The third-order valence-corrected chi connectivity index (χ3v) is 7.92. The summed E-state index contributed by atoms with van der Waals surface area (Å²) in [6.45, 7) is 26.1. The monoisotopic (exact) mass is 588 g/mol. The molecule has 0 amide bonds. The van der Waals surface area contributed by atoms with Gasteiger partial charge in [0.15, 0.2) is 0 Å². The number of rotatable bonds is 9. The van der Waals surface area contributed by atoms with Gasteiger partial charge in [0.25, 0.3) is 0 Å². The number of allylic oxidation sites excluding steroid dienone is 2. The fraction of sp³-hybridized carbons (Fsp3) is 0.300. The zero-order valence-corrected chi connectivity index (χ0v) is 27.7. The van der Waals surface area contributed by atoms with Crippen LogP contribution in [0.25, 0.3) is 11.1 Å². The van der Waals surface area contributed by atoms with Crippen LogP contribution in [-0.4, -0.2) is 10.2 Å². The number of nitrogens with zero attached hydrogens (tertiary/aromatic N) is 1. The van der Waals surface area contributed by atoms with Crippen molar-refractivity contribution in [2.45, 2.75) is 79.3 Å². The van der Waals surface area contributed by atoms with E-state index in [4.69, 9.17) is 0 Å². The number of nitrogens with one attached hydrogen (secondary N) is 1. The largest absolute Gasteiger partial charge is 0.507 e. The van der Waals surface area contributed by atoms with Crippen LogP contribution >= 0.6 is 0 Å². The van der Waals surface area contributed by atoms with Gasteiger partial charge in [-0.1, -0.05) is 72.9 Å². The van der Waals surface area contributed by atoms with Crippen molar-refractivity contribution in [1.82, 2.24) is 0 Å². The highest BCUT2D eigenvalue weighted by Crippen LogP contribution is 2.40. The van der Waals surface area contributed by atoms with Crippen LogP contribution in [0.1, 0.15) is 88.8 Å². The highest BCUT2D eigenvalue weighted by atomic mass is 16.3. The lowest BCUT2D eigenvalue weighted by atomic mass is 9.83. The van der Waals surface area contributed by atoms with Gasteiger partial charge in [0, 0.05) is 52.4 Å². The standard InChI is InChI=1S/C40H48N2O2/c1-26(2)33-20-28(22-35(37(33)43)39(5,6)7)24-42(32-18-16-31(17-19-32)41-30-14-12-11-13-15-30)25-29-21-34(27(3)4)38(44)36(23-29)40(8,9)10/h11-23,41,43-44H,1,3,24-25H2,2,4-10H3. The first-order valence-corrected chi connectivity index (χ1v) is 15.3. The molecule has 4 aromatic rings. The Morgan fingerprint density at radius 3 is 1.43 bits per heavy atom. The van der Waals surface area contributed by atoms with Gasteiger partial charge in [-0.3, -0.25) is 0 Å².